The quantitative estimate of drug-likeness (QED) is 0.318. The number of carbonyl (C=O) groups excluding carboxylic acids is 2. The van der Waals surface area contributed by atoms with Crippen LogP contribution in [0.25, 0.3) is 0 Å². The van der Waals surface area contributed by atoms with E-state index in [2.05, 4.69) is 35.9 Å². The van der Waals surface area contributed by atoms with Gasteiger partial charge in [0.2, 0.25) is 0 Å². The van der Waals surface area contributed by atoms with Gasteiger partial charge in [-0.3, -0.25) is 9.59 Å². The van der Waals surface area contributed by atoms with Crippen LogP contribution in [0.4, 0.5) is 29.8 Å². The first-order valence-electron chi connectivity index (χ1n) is 9.93. The number of halogens is 3. The maximum Gasteiger partial charge on any atom is 0.416 e. The van der Waals surface area contributed by atoms with Gasteiger partial charge in [-0.2, -0.15) is 13.2 Å². The number of carbonyl (C=O) groups is 2. The number of anilines is 3. The van der Waals surface area contributed by atoms with Gasteiger partial charge in [0, 0.05) is 23.3 Å². The number of rotatable bonds is 7. The van der Waals surface area contributed by atoms with Gasteiger partial charge in [-0.05, 0) is 25.1 Å². The molecule has 1 aromatic carbocycles. The first kappa shape index (κ1) is 24.2. The predicted molar refractivity (Wildman–Crippen MR) is 125 cm³/mol. The van der Waals surface area contributed by atoms with E-state index in [1.807, 2.05) is 0 Å². The second-order valence-electron chi connectivity index (χ2n) is 7.04. The van der Waals surface area contributed by atoms with Crippen molar-refractivity contribution in [2.24, 2.45) is 0 Å². The van der Waals surface area contributed by atoms with Crippen LogP contribution < -0.4 is 16.0 Å². The van der Waals surface area contributed by atoms with E-state index in [1.165, 1.54) is 42.1 Å². The lowest BCUT2D eigenvalue weighted by Crippen LogP contribution is -2.27. The standard InChI is InChI=1S/C21H16F3N7O2S2/c1-11(29-17(32)14-8-16(28-10-27-14)31-20-25-5-6-34-20)19-26-9-15(35-19)18(33)30-13-4-2-3-12(7-13)21(22,23)24/h2-11H,1H3,(H,29,32)(H,30,33)(H,25,27,28,31). The number of nitrogens with one attached hydrogen (secondary N) is 3. The fourth-order valence-electron chi connectivity index (χ4n) is 2.84. The normalized spacial score (nSPS) is 12.1. The van der Waals surface area contributed by atoms with Gasteiger partial charge in [0.25, 0.3) is 11.8 Å². The monoisotopic (exact) mass is 519 g/mol. The summed E-state index contributed by atoms with van der Waals surface area (Å²) in [6, 6.07) is 5.24. The molecule has 0 bridgehead atoms. The molecule has 35 heavy (non-hydrogen) atoms. The zero-order valence-electron chi connectivity index (χ0n) is 17.8. The first-order valence-corrected chi connectivity index (χ1v) is 11.6. The average molecular weight is 520 g/mol. The maximum atomic E-state index is 12.9. The lowest BCUT2D eigenvalue weighted by atomic mass is 10.2. The van der Waals surface area contributed by atoms with Gasteiger partial charge in [-0.25, -0.2) is 19.9 Å². The molecule has 14 heteroatoms. The summed E-state index contributed by atoms with van der Waals surface area (Å²) in [6.07, 6.45) is -0.347. The van der Waals surface area contributed by atoms with Crippen molar-refractivity contribution in [3.63, 3.8) is 0 Å². The van der Waals surface area contributed by atoms with Crippen molar-refractivity contribution in [3.8, 4) is 0 Å². The number of aromatic nitrogens is 4. The minimum absolute atomic E-state index is 0.00653. The summed E-state index contributed by atoms with van der Waals surface area (Å²) in [5, 5.41) is 11.0. The molecule has 3 aromatic heterocycles. The fourth-order valence-corrected chi connectivity index (χ4v) is 4.19. The molecule has 0 aliphatic rings. The minimum atomic E-state index is -4.52. The van der Waals surface area contributed by atoms with Gasteiger partial charge in [0.15, 0.2) is 5.13 Å². The molecular formula is C21H16F3N7O2S2. The molecular weight excluding hydrogens is 503 g/mol. The Morgan fingerprint density at radius 3 is 2.63 bits per heavy atom. The van der Waals surface area contributed by atoms with E-state index in [0.717, 1.165) is 23.5 Å². The van der Waals surface area contributed by atoms with Crippen LogP contribution in [-0.4, -0.2) is 31.8 Å². The molecule has 0 fully saturated rings. The van der Waals surface area contributed by atoms with E-state index in [-0.39, 0.29) is 16.3 Å². The van der Waals surface area contributed by atoms with Gasteiger partial charge in [-0.15, -0.1) is 22.7 Å². The van der Waals surface area contributed by atoms with Crippen molar-refractivity contribution in [1.29, 1.82) is 0 Å². The van der Waals surface area contributed by atoms with Crippen LogP contribution in [-0.2, 0) is 6.18 Å². The number of hydrogen-bond donors (Lipinski definition) is 3. The SMILES string of the molecule is CC(NC(=O)c1cc(Nc2nccs2)ncn1)c1ncc(C(=O)Nc2cccc(C(F)(F)F)c2)s1. The van der Waals surface area contributed by atoms with Gasteiger partial charge in [-0.1, -0.05) is 6.07 Å². The van der Waals surface area contributed by atoms with Crippen LogP contribution in [0.15, 0.2) is 54.4 Å². The Kier molecular flexibility index (Phi) is 7.02. The van der Waals surface area contributed by atoms with Crippen LogP contribution >= 0.6 is 22.7 Å². The Bertz CT molecular complexity index is 1340. The van der Waals surface area contributed by atoms with E-state index >= 15 is 0 Å². The molecule has 9 nitrogen and oxygen atoms in total. The summed E-state index contributed by atoms with van der Waals surface area (Å²) in [7, 11) is 0. The van der Waals surface area contributed by atoms with Gasteiger partial charge >= 0.3 is 6.18 Å². The van der Waals surface area contributed by atoms with Crippen molar-refractivity contribution >= 4 is 51.1 Å². The highest BCUT2D eigenvalue weighted by Crippen LogP contribution is 2.31. The number of alkyl halides is 3. The second-order valence-corrected chi connectivity index (χ2v) is 9.00. The van der Waals surface area contributed by atoms with Crippen molar-refractivity contribution in [2.45, 2.75) is 19.1 Å². The third-order valence-electron chi connectivity index (χ3n) is 4.48. The molecule has 0 aliphatic heterocycles. The summed E-state index contributed by atoms with van der Waals surface area (Å²) < 4.78 is 38.7. The van der Waals surface area contributed by atoms with E-state index in [9.17, 15) is 22.8 Å². The zero-order chi connectivity index (χ0) is 25.0. The van der Waals surface area contributed by atoms with Crippen molar-refractivity contribution in [1.82, 2.24) is 25.3 Å². The Morgan fingerprint density at radius 1 is 1.06 bits per heavy atom. The molecule has 180 valence electrons. The molecule has 0 radical (unpaired) electrons. The summed E-state index contributed by atoms with van der Waals surface area (Å²) >= 11 is 2.38. The lowest BCUT2D eigenvalue weighted by Gasteiger charge is -2.11. The highest BCUT2D eigenvalue weighted by molar-refractivity contribution is 7.14. The summed E-state index contributed by atoms with van der Waals surface area (Å²) in [5.74, 6) is -0.692. The van der Waals surface area contributed by atoms with Gasteiger partial charge in [0.05, 0.1) is 17.8 Å². The molecule has 4 aromatic rings. The molecule has 1 atom stereocenters. The van der Waals surface area contributed by atoms with Gasteiger partial charge < -0.3 is 16.0 Å². The third-order valence-corrected chi connectivity index (χ3v) is 6.35. The number of amides is 2. The zero-order valence-corrected chi connectivity index (χ0v) is 19.5. The van der Waals surface area contributed by atoms with E-state index in [4.69, 9.17) is 0 Å². The largest absolute Gasteiger partial charge is 0.416 e. The molecule has 3 heterocycles. The average Bonchev–Trinajstić information content (AvgIpc) is 3.51. The van der Waals surface area contributed by atoms with Crippen LogP contribution in [0, 0.1) is 0 Å². The molecule has 0 spiro atoms. The summed E-state index contributed by atoms with van der Waals surface area (Å²) in [6.45, 7) is 1.68. The highest BCUT2D eigenvalue weighted by Gasteiger charge is 2.30. The topological polar surface area (TPSA) is 122 Å². The Balaban J connectivity index is 1.39. The van der Waals surface area contributed by atoms with Crippen LogP contribution in [0.1, 0.15) is 43.7 Å². The summed E-state index contributed by atoms with van der Waals surface area (Å²) in [4.78, 5) is 41.6. The molecule has 0 saturated heterocycles. The molecule has 3 N–H and O–H groups in total. The van der Waals surface area contributed by atoms with Crippen molar-refractivity contribution in [3.05, 3.63) is 75.6 Å². The van der Waals surface area contributed by atoms with Crippen LogP contribution in [0.3, 0.4) is 0 Å². The van der Waals surface area contributed by atoms with Crippen LogP contribution in [0.5, 0.6) is 0 Å². The molecule has 1 unspecified atom stereocenters. The Labute approximate surface area is 204 Å². The highest BCUT2D eigenvalue weighted by atomic mass is 32.1. The predicted octanol–water partition coefficient (Wildman–Crippen LogP) is 4.90. The first-order chi connectivity index (χ1) is 16.7. The Hall–Kier alpha value is -3.91. The minimum Gasteiger partial charge on any atom is -0.342 e. The third kappa shape index (κ3) is 6.16. The molecule has 0 saturated carbocycles. The number of hydrogen-bond acceptors (Lipinski definition) is 9. The number of thiazole rings is 2. The van der Waals surface area contributed by atoms with E-state index in [1.54, 1.807) is 18.5 Å². The van der Waals surface area contributed by atoms with Gasteiger partial charge in [0.1, 0.15) is 27.7 Å². The van der Waals surface area contributed by atoms with E-state index < -0.39 is 29.6 Å². The second kappa shape index (κ2) is 10.1. The number of benzene rings is 1. The molecule has 4 rings (SSSR count). The van der Waals surface area contributed by atoms with Crippen LogP contribution in [0.2, 0.25) is 0 Å². The molecule has 0 aliphatic carbocycles. The summed E-state index contributed by atoms with van der Waals surface area (Å²) in [5.41, 5.74) is -0.747. The Morgan fingerprint density at radius 2 is 1.89 bits per heavy atom. The van der Waals surface area contributed by atoms with Crippen molar-refractivity contribution < 1.29 is 22.8 Å². The van der Waals surface area contributed by atoms with Crippen molar-refractivity contribution in [2.75, 3.05) is 10.6 Å². The smallest absolute Gasteiger partial charge is 0.342 e. The maximum absolute atomic E-state index is 12.9. The fraction of sp³-hybridized carbons (Fsp3) is 0.143. The lowest BCUT2D eigenvalue weighted by molar-refractivity contribution is -0.137. The van der Waals surface area contributed by atoms with E-state index in [0.29, 0.717) is 16.0 Å². The molecule has 2 amide bonds. The number of nitrogens with zero attached hydrogens (tertiary/aromatic N) is 4.